The zero-order valence-corrected chi connectivity index (χ0v) is 13.8. The van der Waals surface area contributed by atoms with Crippen LogP contribution in [0.2, 0.25) is 0 Å². The summed E-state index contributed by atoms with van der Waals surface area (Å²) in [5.41, 5.74) is 0.616. The molecule has 7 heteroatoms. The molecule has 0 aliphatic carbocycles. The molecule has 0 aliphatic heterocycles. The lowest BCUT2D eigenvalue weighted by Gasteiger charge is -2.22. The molecule has 2 rings (SSSR count). The second kappa shape index (κ2) is 6.74. The maximum atomic E-state index is 11.8. The van der Waals surface area contributed by atoms with Gasteiger partial charge in [0.25, 0.3) is 0 Å². The van der Waals surface area contributed by atoms with Crippen LogP contribution >= 0.6 is 0 Å². The van der Waals surface area contributed by atoms with Gasteiger partial charge in [-0.05, 0) is 32.4 Å². The lowest BCUT2D eigenvalue weighted by Crippen LogP contribution is -2.44. The van der Waals surface area contributed by atoms with Crippen LogP contribution in [-0.2, 0) is 20.7 Å². The molecule has 1 atom stereocenters. The minimum atomic E-state index is -1.18. The van der Waals surface area contributed by atoms with Gasteiger partial charge >= 0.3 is 12.1 Å². The van der Waals surface area contributed by atoms with E-state index in [0.717, 1.165) is 5.39 Å². The number of para-hydroxylation sites is 1. The number of ether oxygens (including phenoxy) is 1. The molecule has 0 saturated heterocycles. The highest BCUT2D eigenvalue weighted by Crippen LogP contribution is 2.21. The zero-order valence-electron chi connectivity index (χ0n) is 13.8. The van der Waals surface area contributed by atoms with Crippen molar-refractivity contribution in [2.45, 2.75) is 38.8 Å². The number of fused-ring (bicyclic) bond motifs is 1. The molecule has 0 bridgehead atoms. The molecule has 1 aromatic heterocycles. The van der Waals surface area contributed by atoms with Crippen molar-refractivity contribution in [2.24, 2.45) is 0 Å². The van der Waals surface area contributed by atoms with E-state index in [1.807, 2.05) is 0 Å². The molecule has 0 aliphatic rings. The predicted octanol–water partition coefficient (Wildman–Crippen LogP) is 2.20. The van der Waals surface area contributed by atoms with Gasteiger partial charge in [0.2, 0.25) is 6.41 Å². The fourth-order valence-corrected chi connectivity index (χ4v) is 2.40. The van der Waals surface area contributed by atoms with E-state index in [0.29, 0.717) is 17.5 Å². The van der Waals surface area contributed by atoms with Crippen LogP contribution in [0.15, 0.2) is 30.5 Å². The summed E-state index contributed by atoms with van der Waals surface area (Å²) in [5, 5.41) is 12.5. The summed E-state index contributed by atoms with van der Waals surface area (Å²) in [6.45, 7) is 5.08. The van der Waals surface area contributed by atoms with Crippen LogP contribution in [0.4, 0.5) is 4.79 Å². The molecule has 2 aromatic rings. The maximum Gasteiger partial charge on any atom is 0.408 e. The van der Waals surface area contributed by atoms with Crippen molar-refractivity contribution in [3.05, 3.63) is 36.0 Å². The molecule has 1 heterocycles. The van der Waals surface area contributed by atoms with Crippen molar-refractivity contribution in [1.82, 2.24) is 9.88 Å². The standard InChI is InChI=1S/C17H20N2O5/c1-17(2,3)24-16(23)18-13(15(21)22)8-11-9-19(10-20)14-7-5-4-6-12(11)14/h4-7,9-10,13H,8H2,1-3H3,(H,18,23)(H,21,22)/t13-/m1/s1. The largest absolute Gasteiger partial charge is 0.480 e. The smallest absolute Gasteiger partial charge is 0.408 e. The fraction of sp³-hybridized carbons (Fsp3) is 0.353. The third kappa shape index (κ3) is 4.13. The average Bonchev–Trinajstić information content (AvgIpc) is 2.83. The number of rotatable bonds is 5. The Hall–Kier alpha value is -2.83. The molecule has 0 fully saturated rings. The van der Waals surface area contributed by atoms with E-state index < -0.39 is 23.7 Å². The Kier molecular flexibility index (Phi) is 4.92. The summed E-state index contributed by atoms with van der Waals surface area (Å²) in [6, 6.07) is 6.00. The molecule has 24 heavy (non-hydrogen) atoms. The molecular weight excluding hydrogens is 312 g/mol. The number of hydrogen-bond acceptors (Lipinski definition) is 4. The van der Waals surface area contributed by atoms with Crippen LogP contribution < -0.4 is 5.32 Å². The molecule has 0 unspecified atom stereocenters. The number of amides is 1. The Morgan fingerprint density at radius 2 is 2.00 bits per heavy atom. The summed E-state index contributed by atoms with van der Waals surface area (Å²) in [6.07, 6.45) is 1.47. The molecule has 0 radical (unpaired) electrons. The van der Waals surface area contributed by atoms with Gasteiger partial charge in [-0.15, -0.1) is 0 Å². The van der Waals surface area contributed by atoms with Gasteiger partial charge in [-0.25, -0.2) is 9.59 Å². The van der Waals surface area contributed by atoms with Gasteiger partial charge in [0.15, 0.2) is 0 Å². The van der Waals surface area contributed by atoms with E-state index in [4.69, 9.17) is 4.74 Å². The number of carbonyl (C=O) groups excluding carboxylic acids is 2. The van der Waals surface area contributed by atoms with Crippen LogP contribution in [0.5, 0.6) is 0 Å². The summed E-state index contributed by atoms with van der Waals surface area (Å²) < 4.78 is 6.48. The third-order valence-electron chi connectivity index (χ3n) is 3.35. The molecule has 0 saturated carbocycles. The van der Waals surface area contributed by atoms with Crippen molar-refractivity contribution in [2.75, 3.05) is 0 Å². The van der Waals surface area contributed by atoms with E-state index in [2.05, 4.69) is 5.32 Å². The van der Waals surface area contributed by atoms with Crippen molar-refractivity contribution in [3.8, 4) is 0 Å². The first-order valence-corrected chi connectivity index (χ1v) is 7.47. The average molecular weight is 332 g/mol. The predicted molar refractivity (Wildman–Crippen MR) is 88.6 cm³/mol. The van der Waals surface area contributed by atoms with Crippen LogP contribution in [0, 0.1) is 0 Å². The second-order valence-electron chi connectivity index (χ2n) is 6.43. The Morgan fingerprint density at radius 1 is 1.33 bits per heavy atom. The number of hydrogen-bond donors (Lipinski definition) is 2. The Labute approximate surface area is 139 Å². The lowest BCUT2D eigenvalue weighted by atomic mass is 10.1. The van der Waals surface area contributed by atoms with Crippen LogP contribution in [0.1, 0.15) is 26.3 Å². The minimum Gasteiger partial charge on any atom is -0.480 e. The minimum absolute atomic E-state index is 0.0376. The fourth-order valence-electron chi connectivity index (χ4n) is 2.40. The second-order valence-corrected chi connectivity index (χ2v) is 6.43. The van der Waals surface area contributed by atoms with Gasteiger partial charge in [0.1, 0.15) is 11.6 Å². The quantitative estimate of drug-likeness (QED) is 0.818. The van der Waals surface area contributed by atoms with Gasteiger partial charge < -0.3 is 15.2 Å². The third-order valence-corrected chi connectivity index (χ3v) is 3.35. The topological polar surface area (TPSA) is 97.6 Å². The monoisotopic (exact) mass is 332 g/mol. The van der Waals surface area contributed by atoms with Crippen LogP contribution in [0.25, 0.3) is 10.9 Å². The van der Waals surface area contributed by atoms with Gasteiger partial charge in [0, 0.05) is 18.0 Å². The summed E-state index contributed by atoms with van der Waals surface area (Å²) >= 11 is 0. The van der Waals surface area contributed by atoms with E-state index in [-0.39, 0.29) is 6.42 Å². The van der Waals surface area contributed by atoms with Gasteiger partial charge in [-0.2, -0.15) is 0 Å². The van der Waals surface area contributed by atoms with Gasteiger partial charge in [0.05, 0.1) is 5.52 Å². The summed E-state index contributed by atoms with van der Waals surface area (Å²) in [4.78, 5) is 34.4. The van der Waals surface area contributed by atoms with Crippen molar-refractivity contribution in [3.63, 3.8) is 0 Å². The molecule has 7 nitrogen and oxygen atoms in total. The SMILES string of the molecule is CC(C)(C)OC(=O)N[C@H](Cc1cn(C=O)c2ccccc12)C(=O)O. The Morgan fingerprint density at radius 3 is 2.58 bits per heavy atom. The number of aliphatic carboxylic acids is 1. The number of aromatic nitrogens is 1. The van der Waals surface area contributed by atoms with Crippen LogP contribution in [0.3, 0.4) is 0 Å². The first-order valence-electron chi connectivity index (χ1n) is 7.47. The normalized spacial score (nSPS) is 12.6. The number of nitrogens with one attached hydrogen (secondary N) is 1. The molecule has 0 spiro atoms. The number of alkyl carbamates (subject to hydrolysis) is 1. The van der Waals surface area contributed by atoms with E-state index in [9.17, 15) is 19.5 Å². The van der Waals surface area contributed by atoms with Crippen LogP contribution in [-0.4, -0.2) is 39.8 Å². The highest BCUT2D eigenvalue weighted by molar-refractivity contribution is 5.89. The van der Waals surface area contributed by atoms with E-state index in [1.165, 1.54) is 4.57 Å². The van der Waals surface area contributed by atoms with Gasteiger partial charge in [-0.3, -0.25) is 9.36 Å². The highest BCUT2D eigenvalue weighted by atomic mass is 16.6. The summed E-state index contributed by atoms with van der Waals surface area (Å²) in [5.74, 6) is -1.18. The van der Waals surface area contributed by atoms with Crippen molar-refractivity contribution < 1.29 is 24.2 Å². The Bertz CT molecular complexity index is 773. The number of benzene rings is 1. The van der Waals surface area contributed by atoms with Crippen molar-refractivity contribution in [1.29, 1.82) is 0 Å². The van der Waals surface area contributed by atoms with Crippen molar-refractivity contribution >= 4 is 29.4 Å². The molecular formula is C17H20N2O5. The zero-order chi connectivity index (χ0) is 17.9. The van der Waals surface area contributed by atoms with Gasteiger partial charge in [-0.1, -0.05) is 18.2 Å². The first-order chi connectivity index (χ1) is 11.2. The number of carbonyl (C=O) groups is 3. The number of carboxylic acid groups (broad SMARTS) is 1. The molecule has 2 N–H and O–H groups in total. The molecule has 1 aromatic carbocycles. The Balaban J connectivity index is 2.24. The maximum absolute atomic E-state index is 11.8. The number of nitrogens with zero attached hydrogens (tertiary/aromatic N) is 1. The van der Waals surface area contributed by atoms with E-state index >= 15 is 0 Å². The highest BCUT2D eigenvalue weighted by Gasteiger charge is 2.25. The molecule has 1 amide bonds. The summed E-state index contributed by atoms with van der Waals surface area (Å²) in [7, 11) is 0. The first kappa shape index (κ1) is 17.5. The number of carboxylic acids is 1. The molecule has 128 valence electrons. The lowest BCUT2D eigenvalue weighted by molar-refractivity contribution is -0.139. The van der Waals surface area contributed by atoms with E-state index in [1.54, 1.807) is 51.2 Å².